The zero-order valence-corrected chi connectivity index (χ0v) is 16.0. The van der Waals surface area contributed by atoms with Crippen LogP contribution in [0.5, 0.6) is 0 Å². The molecular formula is C25H28O2. The minimum atomic E-state index is 0.140. The molecule has 27 heavy (non-hydrogen) atoms. The monoisotopic (exact) mass is 360 g/mol. The highest BCUT2D eigenvalue weighted by Crippen LogP contribution is 2.39. The van der Waals surface area contributed by atoms with E-state index < -0.39 is 0 Å². The highest BCUT2D eigenvalue weighted by molar-refractivity contribution is 5.92. The Morgan fingerprint density at radius 1 is 0.630 bits per heavy atom. The van der Waals surface area contributed by atoms with Gasteiger partial charge >= 0.3 is 0 Å². The fraction of sp³-hybridized carbons (Fsp3) is 0.480. The first-order valence-corrected chi connectivity index (χ1v) is 10.8. The summed E-state index contributed by atoms with van der Waals surface area (Å²) in [6.07, 6.45) is 12.7. The quantitative estimate of drug-likeness (QED) is 0.459. The minimum absolute atomic E-state index is 0.140. The minimum Gasteiger partial charge on any atom is -0.455 e. The maximum absolute atomic E-state index is 13.3. The average molecular weight is 360 g/mol. The van der Waals surface area contributed by atoms with E-state index in [4.69, 9.17) is 4.42 Å². The van der Waals surface area contributed by atoms with E-state index in [1.807, 2.05) is 24.3 Å². The second-order valence-electron chi connectivity index (χ2n) is 8.55. The molecule has 2 nitrogen and oxygen atoms in total. The molecule has 0 atom stereocenters. The molecule has 0 unspecified atom stereocenters. The molecule has 2 saturated carbocycles. The molecule has 5 rings (SSSR count). The van der Waals surface area contributed by atoms with Gasteiger partial charge in [0.15, 0.2) is 0 Å². The van der Waals surface area contributed by atoms with E-state index in [2.05, 4.69) is 12.1 Å². The van der Waals surface area contributed by atoms with E-state index in [-0.39, 0.29) is 5.43 Å². The van der Waals surface area contributed by atoms with Gasteiger partial charge in [-0.2, -0.15) is 0 Å². The summed E-state index contributed by atoms with van der Waals surface area (Å²) in [6, 6.07) is 12.4. The van der Waals surface area contributed by atoms with Crippen LogP contribution in [-0.2, 0) is 0 Å². The molecule has 2 fully saturated rings. The largest absolute Gasteiger partial charge is 0.455 e. The Balaban J connectivity index is 1.74. The van der Waals surface area contributed by atoms with Crippen molar-refractivity contribution in [2.24, 2.45) is 0 Å². The predicted molar refractivity (Wildman–Crippen MR) is 112 cm³/mol. The first-order chi connectivity index (χ1) is 13.3. The van der Waals surface area contributed by atoms with E-state index in [0.717, 1.165) is 21.9 Å². The van der Waals surface area contributed by atoms with Crippen LogP contribution < -0.4 is 5.43 Å². The molecule has 1 heterocycles. The Morgan fingerprint density at radius 3 is 1.52 bits per heavy atom. The summed E-state index contributed by atoms with van der Waals surface area (Å²) in [5.74, 6) is 1.06. The molecule has 3 aromatic rings. The van der Waals surface area contributed by atoms with E-state index >= 15 is 0 Å². The van der Waals surface area contributed by atoms with Crippen molar-refractivity contribution in [3.05, 3.63) is 57.7 Å². The Bertz CT molecular complexity index is 939. The lowest BCUT2D eigenvalue weighted by atomic mass is 9.82. The van der Waals surface area contributed by atoms with Crippen LogP contribution in [0.15, 0.2) is 45.6 Å². The fourth-order valence-corrected chi connectivity index (χ4v) is 5.41. The number of fused-ring (bicyclic) bond motifs is 2. The van der Waals surface area contributed by atoms with Crippen molar-refractivity contribution < 1.29 is 4.42 Å². The molecular weight excluding hydrogens is 332 g/mol. The molecule has 0 radical (unpaired) electrons. The molecule has 2 aliphatic carbocycles. The van der Waals surface area contributed by atoms with Gasteiger partial charge in [0.2, 0.25) is 5.43 Å². The van der Waals surface area contributed by atoms with Crippen molar-refractivity contribution in [2.75, 3.05) is 0 Å². The van der Waals surface area contributed by atoms with E-state index in [1.165, 1.54) is 75.3 Å². The second kappa shape index (κ2) is 7.14. The molecule has 0 aliphatic heterocycles. The van der Waals surface area contributed by atoms with Crippen molar-refractivity contribution >= 4 is 21.9 Å². The zero-order chi connectivity index (χ0) is 18.2. The Hall–Kier alpha value is -2.09. The van der Waals surface area contributed by atoms with Gasteiger partial charge in [-0.3, -0.25) is 4.79 Å². The molecule has 2 aliphatic rings. The van der Waals surface area contributed by atoms with Crippen molar-refractivity contribution in [3.63, 3.8) is 0 Å². The van der Waals surface area contributed by atoms with Crippen LogP contribution in [0.2, 0.25) is 0 Å². The normalized spacial score (nSPS) is 19.7. The zero-order valence-electron chi connectivity index (χ0n) is 16.0. The third-order valence-electron chi connectivity index (χ3n) is 6.87. The van der Waals surface area contributed by atoms with Gasteiger partial charge in [-0.15, -0.1) is 0 Å². The van der Waals surface area contributed by atoms with Gasteiger partial charge < -0.3 is 4.42 Å². The van der Waals surface area contributed by atoms with Crippen molar-refractivity contribution in [2.45, 2.75) is 76.0 Å². The second-order valence-corrected chi connectivity index (χ2v) is 8.55. The van der Waals surface area contributed by atoms with Gasteiger partial charge in [0.05, 0.1) is 10.8 Å². The van der Waals surface area contributed by atoms with Crippen LogP contribution in [0.1, 0.15) is 87.2 Å². The third-order valence-corrected chi connectivity index (χ3v) is 6.87. The number of rotatable bonds is 2. The highest BCUT2D eigenvalue weighted by Gasteiger charge is 2.23. The third kappa shape index (κ3) is 2.99. The smallest absolute Gasteiger partial charge is 0.200 e. The van der Waals surface area contributed by atoms with E-state index in [1.54, 1.807) is 0 Å². The molecule has 0 spiro atoms. The van der Waals surface area contributed by atoms with Crippen LogP contribution in [0.3, 0.4) is 0 Å². The Morgan fingerprint density at radius 2 is 1.07 bits per heavy atom. The van der Waals surface area contributed by atoms with Crippen molar-refractivity contribution in [3.8, 4) is 0 Å². The highest BCUT2D eigenvalue weighted by atomic mass is 16.3. The van der Waals surface area contributed by atoms with Crippen LogP contribution in [0.25, 0.3) is 21.9 Å². The topological polar surface area (TPSA) is 30.2 Å². The maximum Gasteiger partial charge on any atom is 0.200 e. The molecule has 0 saturated heterocycles. The standard InChI is InChI=1S/C25H28O2/c26-23-21-15-7-13-19(17-9-3-1-4-10-17)24(21)27-25-20(14-8-16-22(23)25)18-11-5-2-6-12-18/h7-8,13-18H,1-6,9-12H2. The maximum atomic E-state index is 13.3. The Labute approximate surface area is 160 Å². The summed E-state index contributed by atoms with van der Waals surface area (Å²) in [6.45, 7) is 0. The van der Waals surface area contributed by atoms with Crippen molar-refractivity contribution in [1.29, 1.82) is 0 Å². The number of hydrogen-bond donors (Lipinski definition) is 0. The molecule has 140 valence electrons. The summed E-state index contributed by atoms with van der Waals surface area (Å²) < 4.78 is 6.60. The summed E-state index contributed by atoms with van der Waals surface area (Å²) in [4.78, 5) is 13.3. The fourth-order valence-electron chi connectivity index (χ4n) is 5.41. The van der Waals surface area contributed by atoms with Crippen LogP contribution >= 0.6 is 0 Å². The van der Waals surface area contributed by atoms with Gasteiger partial charge in [-0.1, -0.05) is 62.8 Å². The molecule has 0 amide bonds. The lowest BCUT2D eigenvalue weighted by molar-refractivity contribution is 0.438. The SMILES string of the molecule is O=c1c2cccc(C3CCCCC3)c2oc2c(C3CCCCC3)cccc12. The van der Waals surface area contributed by atoms with Gasteiger partial charge in [-0.05, 0) is 60.8 Å². The molecule has 0 N–H and O–H groups in total. The lowest BCUT2D eigenvalue weighted by Gasteiger charge is -2.24. The number of benzene rings is 2. The van der Waals surface area contributed by atoms with Gasteiger partial charge in [0.1, 0.15) is 11.2 Å². The summed E-state index contributed by atoms with van der Waals surface area (Å²) >= 11 is 0. The van der Waals surface area contributed by atoms with Gasteiger partial charge in [0, 0.05) is 0 Å². The summed E-state index contributed by atoms with van der Waals surface area (Å²) in [5, 5.41) is 1.51. The molecule has 1 aromatic heterocycles. The average Bonchev–Trinajstić information content (AvgIpc) is 2.74. The molecule has 2 aromatic carbocycles. The van der Waals surface area contributed by atoms with Crippen molar-refractivity contribution in [1.82, 2.24) is 0 Å². The van der Waals surface area contributed by atoms with Crippen LogP contribution in [0, 0.1) is 0 Å². The summed E-state index contributed by atoms with van der Waals surface area (Å²) in [7, 11) is 0. The van der Waals surface area contributed by atoms with Crippen LogP contribution in [-0.4, -0.2) is 0 Å². The number of hydrogen-bond acceptors (Lipinski definition) is 2. The van der Waals surface area contributed by atoms with E-state index in [9.17, 15) is 4.79 Å². The number of para-hydroxylation sites is 2. The van der Waals surface area contributed by atoms with Gasteiger partial charge in [-0.25, -0.2) is 0 Å². The van der Waals surface area contributed by atoms with E-state index in [0.29, 0.717) is 11.8 Å². The first-order valence-electron chi connectivity index (χ1n) is 10.8. The summed E-state index contributed by atoms with van der Waals surface area (Å²) in [5.41, 5.74) is 4.35. The molecule has 0 bridgehead atoms. The lowest BCUT2D eigenvalue weighted by Crippen LogP contribution is -2.10. The van der Waals surface area contributed by atoms with Gasteiger partial charge in [0.25, 0.3) is 0 Å². The van der Waals surface area contributed by atoms with Crippen LogP contribution in [0.4, 0.5) is 0 Å². The predicted octanol–water partition coefficient (Wildman–Crippen LogP) is 7.04. The Kier molecular flexibility index (Phi) is 4.51. The first kappa shape index (κ1) is 17.0. The molecule has 2 heteroatoms.